The molecule has 10 nitrogen and oxygen atoms in total. The summed E-state index contributed by atoms with van der Waals surface area (Å²) in [5, 5.41) is 34.7. The van der Waals surface area contributed by atoms with Gasteiger partial charge in [-0.25, -0.2) is 9.59 Å². The van der Waals surface area contributed by atoms with E-state index in [1.54, 1.807) is 0 Å². The Bertz CT molecular complexity index is 925. The lowest BCUT2D eigenvalue weighted by molar-refractivity contribution is -0.239. The van der Waals surface area contributed by atoms with Gasteiger partial charge in [0.1, 0.15) is 12.2 Å². The minimum atomic E-state index is -2.24. The smallest absolute Gasteiger partial charge is 0.343 e. The lowest BCUT2D eigenvalue weighted by Crippen LogP contribution is -2.67. The van der Waals surface area contributed by atoms with E-state index in [0.717, 1.165) is 0 Å². The van der Waals surface area contributed by atoms with Crippen molar-refractivity contribution in [2.45, 2.75) is 76.0 Å². The first-order valence-electron chi connectivity index (χ1n) is 10.2. The van der Waals surface area contributed by atoms with E-state index in [-0.39, 0.29) is 6.42 Å². The van der Waals surface area contributed by atoms with Crippen LogP contribution in [0.5, 0.6) is 0 Å². The average Bonchev–Trinajstić information content (AvgIpc) is 3.35. The third-order valence-electron chi connectivity index (χ3n) is 9.00. The predicted molar refractivity (Wildman–Crippen MR) is 92.0 cm³/mol. The summed E-state index contributed by atoms with van der Waals surface area (Å²) in [4.78, 5) is 38.2. The summed E-state index contributed by atoms with van der Waals surface area (Å²) >= 11 is 0. The Balaban J connectivity index is 1.72. The molecule has 2 aliphatic carbocycles. The first-order chi connectivity index (χ1) is 13.8. The molecule has 10 heteroatoms. The molecule has 4 aliphatic heterocycles. The maximum absolute atomic E-state index is 13.4. The van der Waals surface area contributed by atoms with E-state index < -0.39 is 87.9 Å². The summed E-state index contributed by atoms with van der Waals surface area (Å²) in [5.74, 6) is -4.32. The summed E-state index contributed by atoms with van der Waals surface area (Å²) in [5.41, 5.74) is -8.26. The van der Waals surface area contributed by atoms with E-state index in [9.17, 15) is 29.7 Å². The van der Waals surface area contributed by atoms with Crippen LogP contribution in [0.3, 0.4) is 0 Å². The zero-order valence-corrected chi connectivity index (χ0v) is 16.9. The molecule has 0 unspecified atom stereocenters. The normalized spacial score (nSPS) is 60.1. The van der Waals surface area contributed by atoms with Gasteiger partial charge in [-0.05, 0) is 24.7 Å². The number of rotatable bonds is 0. The highest BCUT2D eigenvalue weighted by Crippen LogP contribution is 2.84. The van der Waals surface area contributed by atoms with Gasteiger partial charge in [-0.1, -0.05) is 20.8 Å². The van der Waals surface area contributed by atoms with E-state index in [2.05, 4.69) is 0 Å². The Morgan fingerprint density at radius 2 is 1.70 bits per heavy atom. The predicted octanol–water partition coefficient (Wildman–Crippen LogP) is -1.37. The number of ether oxygens (including phenoxy) is 4. The van der Waals surface area contributed by atoms with Gasteiger partial charge in [0.05, 0.1) is 16.7 Å². The zero-order valence-electron chi connectivity index (χ0n) is 16.9. The van der Waals surface area contributed by atoms with Crippen LogP contribution in [-0.4, -0.2) is 75.1 Å². The Hall–Kier alpha value is -1.75. The van der Waals surface area contributed by atoms with Crippen molar-refractivity contribution in [3.63, 3.8) is 0 Å². The van der Waals surface area contributed by atoms with Crippen LogP contribution in [0.2, 0.25) is 0 Å². The van der Waals surface area contributed by atoms with Crippen molar-refractivity contribution < 1.29 is 48.7 Å². The third-order valence-corrected chi connectivity index (χ3v) is 9.00. The van der Waals surface area contributed by atoms with Crippen LogP contribution in [0.25, 0.3) is 0 Å². The first kappa shape index (κ1) is 19.0. The topological polar surface area (TPSA) is 149 Å². The van der Waals surface area contributed by atoms with E-state index in [1.165, 1.54) is 6.92 Å². The van der Waals surface area contributed by atoms with Gasteiger partial charge < -0.3 is 34.3 Å². The van der Waals surface area contributed by atoms with E-state index in [1.807, 2.05) is 20.8 Å². The number of fused-ring (bicyclic) bond motifs is 1. The number of carbonyl (C=O) groups excluding carboxylic acids is 3. The van der Waals surface area contributed by atoms with E-state index in [0.29, 0.717) is 0 Å². The van der Waals surface area contributed by atoms with Crippen molar-refractivity contribution in [1.29, 1.82) is 0 Å². The highest BCUT2D eigenvalue weighted by atomic mass is 16.8. The fourth-order valence-corrected chi connectivity index (χ4v) is 8.12. The molecular formula is C20H24O10. The van der Waals surface area contributed by atoms with Gasteiger partial charge in [-0.15, -0.1) is 0 Å². The zero-order chi connectivity index (χ0) is 21.8. The lowest BCUT2D eigenvalue weighted by atomic mass is 9.51. The molecule has 3 N–H and O–H groups in total. The van der Waals surface area contributed by atoms with Crippen LogP contribution >= 0.6 is 0 Å². The molecule has 4 saturated heterocycles. The maximum Gasteiger partial charge on any atom is 0.343 e. The van der Waals surface area contributed by atoms with Crippen LogP contribution in [0, 0.1) is 28.1 Å². The highest BCUT2D eigenvalue weighted by Gasteiger charge is 3.03. The first-order valence-corrected chi connectivity index (χ1v) is 10.2. The second-order valence-corrected chi connectivity index (χ2v) is 10.7. The van der Waals surface area contributed by atoms with Crippen molar-refractivity contribution in [2.24, 2.45) is 28.1 Å². The van der Waals surface area contributed by atoms with Crippen molar-refractivity contribution in [3.8, 4) is 0 Å². The molecule has 0 amide bonds. The van der Waals surface area contributed by atoms with Crippen LogP contribution in [-0.2, 0) is 33.3 Å². The number of hydrogen-bond acceptors (Lipinski definition) is 10. The van der Waals surface area contributed by atoms with Crippen molar-refractivity contribution in [2.75, 3.05) is 0 Å². The summed E-state index contributed by atoms with van der Waals surface area (Å²) in [6.07, 6.45) is -6.91. The van der Waals surface area contributed by atoms with Crippen molar-refractivity contribution >= 4 is 17.9 Å². The number of esters is 3. The van der Waals surface area contributed by atoms with Crippen molar-refractivity contribution in [1.82, 2.24) is 0 Å². The molecule has 2 saturated carbocycles. The standard InChI is InChI=1S/C20H24O10/c1-6-12(23)28-11-9(21)18-8-5-7(16(2,3)4)17(18)10(22)13(24)29-15(17)30-20(18,14(25)27-8)19(6,11)26/h6-11,15,21-22,26H,5H2,1-4H3/t6-,7+,8+,9-,10+,11+,15-,17+,18+,19-,20-/m1/s1. The minimum Gasteiger partial charge on any atom is -0.459 e. The minimum absolute atomic E-state index is 0.229. The number of hydrogen-bond donors (Lipinski definition) is 3. The number of aliphatic hydroxyl groups excluding tert-OH is 2. The van der Waals surface area contributed by atoms with Crippen LogP contribution in [0.1, 0.15) is 34.1 Å². The van der Waals surface area contributed by atoms with Gasteiger partial charge in [0, 0.05) is 0 Å². The Morgan fingerprint density at radius 3 is 2.33 bits per heavy atom. The summed E-state index contributed by atoms with van der Waals surface area (Å²) < 4.78 is 22.5. The molecule has 4 heterocycles. The summed E-state index contributed by atoms with van der Waals surface area (Å²) in [6.45, 7) is 7.14. The van der Waals surface area contributed by atoms with Gasteiger partial charge in [-0.2, -0.15) is 0 Å². The molecule has 6 fully saturated rings. The third kappa shape index (κ3) is 1.33. The quantitative estimate of drug-likeness (QED) is 0.314. The Morgan fingerprint density at radius 1 is 1.03 bits per heavy atom. The van der Waals surface area contributed by atoms with Crippen LogP contribution in [0.15, 0.2) is 0 Å². The maximum atomic E-state index is 13.4. The Labute approximate surface area is 171 Å². The van der Waals surface area contributed by atoms with Gasteiger partial charge in [-0.3, -0.25) is 4.79 Å². The fourth-order valence-electron chi connectivity index (χ4n) is 8.12. The molecule has 0 aromatic heterocycles. The molecule has 0 aromatic rings. The summed E-state index contributed by atoms with van der Waals surface area (Å²) in [6, 6.07) is 0. The molecule has 6 rings (SSSR count). The molecule has 11 atom stereocenters. The largest absolute Gasteiger partial charge is 0.459 e. The van der Waals surface area contributed by atoms with E-state index in [4.69, 9.17) is 18.9 Å². The van der Waals surface area contributed by atoms with Gasteiger partial charge in [0.15, 0.2) is 17.8 Å². The molecular weight excluding hydrogens is 400 g/mol. The van der Waals surface area contributed by atoms with Crippen LogP contribution < -0.4 is 0 Å². The molecule has 2 spiro atoms. The van der Waals surface area contributed by atoms with Crippen molar-refractivity contribution in [3.05, 3.63) is 0 Å². The lowest BCUT2D eigenvalue weighted by Gasteiger charge is -2.47. The number of carbonyl (C=O) groups is 3. The highest BCUT2D eigenvalue weighted by molar-refractivity contribution is 5.94. The Kier molecular flexibility index (Phi) is 2.97. The van der Waals surface area contributed by atoms with E-state index >= 15 is 0 Å². The van der Waals surface area contributed by atoms with Gasteiger partial charge in [0.2, 0.25) is 11.9 Å². The monoisotopic (exact) mass is 424 g/mol. The molecule has 0 aromatic carbocycles. The molecule has 0 radical (unpaired) electrons. The van der Waals surface area contributed by atoms with Crippen LogP contribution in [0.4, 0.5) is 0 Å². The second kappa shape index (κ2) is 4.69. The fraction of sp³-hybridized carbons (Fsp3) is 0.850. The second-order valence-electron chi connectivity index (χ2n) is 10.7. The molecule has 164 valence electrons. The molecule has 30 heavy (non-hydrogen) atoms. The number of aliphatic hydroxyl groups is 3. The SMILES string of the molecule is C[C@@H]1C(=O)O[C@H]2[C@@H](O)[C@@]34[C@@H]5C[C@@H](C(C)(C)C)[C@]36[C@H](OC(=O)[C@@H]6O)O[C@@]4(C(=O)O5)[C@@]12O. The molecule has 0 bridgehead atoms. The van der Waals surface area contributed by atoms with Gasteiger partial charge in [0.25, 0.3) is 0 Å². The summed E-state index contributed by atoms with van der Waals surface area (Å²) in [7, 11) is 0. The van der Waals surface area contributed by atoms with Gasteiger partial charge >= 0.3 is 17.9 Å². The molecule has 6 aliphatic rings. The average molecular weight is 424 g/mol.